The second kappa shape index (κ2) is 14.8. The number of halogens is 6. The lowest BCUT2D eigenvalue weighted by molar-refractivity contribution is -0.142. The lowest BCUT2D eigenvalue weighted by atomic mass is 9.89. The Morgan fingerprint density at radius 2 is 0.719 bits per heavy atom. The van der Waals surface area contributed by atoms with E-state index in [0.717, 1.165) is 28.3 Å². The van der Waals surface area contributed by atoms with Crippen LogP contribution in [0, 0.1) is 34.0 Å². The molecule has 11 heteroatoms. The normalized spacial score (nSPS) is 11.9. The van der Waals surface area contributed by atoms with Gasteiger partial charge in [0, 0.05) is 32.7 Å². The van der Waals surface area contributed by atoms with E-state index in [9.17, 15) is 15.8 Å². The molecule has 0 fully saturated rings. The van der Waals surface area contributed by atoms with Crippen molar-refractivity contribution in [3.8, 4) is 63.0 Å². The average molecular weight is 848 g/mol. The molecule has 64 heavy (non-hydrogen) atoms. The Kier molecular flexibility index (Phi) is 9.14. The first-order valence-corrected chi connectivity index (χ1v) is 19.8. The highest BCUT2D eigenvalue weighted by Gasteiger charge is 2.43. The van der Waals surface area contributed by atoms with Crippen LogP contribution in [0.25, 0.3) is 88.4 Å². The molecule has 0 aliphatic rings. The van der Waals surface area contributed by atoms with Crippen LogP contribution in [0.15, 0.2) is 164 Å². The number of nitriles is 3. The summed E-state index contributed by atoms with van der Waals surface area (Å²) < 4.78 is 95.9. The summed E-state index contributed by atoms with van der Waals surface area (Å²) in [4.78, 5) is 0. The highest BCUT2D eigenvalue weighted by molar-refractivity contribution is 6.13. The molecule has 306 valence electrons. The first-order chi connectivity index (χ1) is 30.9. The smallest absolute Gasteiger partial charge is 0.308 e. The Balaban J connectivity index is 1.37. The van der Waals surface area contributed by atoms with Crippen molar-refractivity contribution in [2.45, 2.75) is 12.4 Å². The Morgan fingerprint density at radius 3 is 1.11 bits per heavy atom. The highest BCUT2D eigenvalue weighted by atomic mass is 19.4. The van der Waals surface area contributed by atoms with Crippen molar-refractivity contribution in [1.29, 1.82) is 15.8 Å². The van der Waals surface area contributed by atoms with E-state index in [-0.39, 0.29) is 16.9 Å². The third-order valence-corrected chi connectivity index (χ3v) is 11.7. The van der Waals surface area contributed by atoms with Crippen molar-refractivity contribution in [2.75, 3.05) is 0 Å². The number of nitrogens with zero attached hydrogens (tertiary/aromatic N) is 5. The van der Waals surface area contributed by atoms with E-state index >= 15 is 26.3 Å². The zero-order valence-electron chi connectivity index (χ0n) is 33.1. The van der Waals surface area contributed by atoms with Crippen LogP contribution in [0.3, 0.4) is 0 Å². The quantitative estimate of drug-likeness (QED) is 0.162. The first kappa shape index (κ1) is 39.5. The molecule has 0 aliphatic carbocycles. The van der Waals surface area contributed by atoms with Crippen LogP contribution in [0.1, 0.15) is 27.8 Å². The van der Waals surface area contributed by atoms with Gasteiger partial charge in [0.05, 0.1) is 79.5 Å². The van der Waals surface area contributed by atoms with E-state index < -0.39 is 34.6 Å². The summed E-state index contributed by atoms with van der Waals surface area (Å²) in [6.07, 6.45) is -10.5. The molecule has 0 amide bonds. The van der Waals surface area contributed by atoms with Crippen molar-refractivity contribution >= 4 is 43.6 Å². The number of alkyl halides is 6. The van der Waals surface area contributed by atoms with Crippen LogP contribution in [0.2, 0.25) is 0 Å². The Hall–Kier alpha value is -8.59. The summed E-state index contributed by atoms with van der Waals surface area (Å²) in [5, 5.41) is 32.1. The molecule has 0 atom stereocenters. The maximum absolute atomic E-state index is 15.4. The Morgan fingerprint density at radius 1 is 0.344 bits per heavy atom. The Bertz CT molecular complexity index is 3440. The van der Waals surface area contributed by atoms with E-state index in [1.54, 1.807) is 118 Å². The fourth-order valence-corrected chi connectivity index (χ4v) is 8.88. The summed E-state index contributed by atoms with van der Waals surface area (Å²) in [5.41, 5.74) is 1.29. The van der Waals surface area contributed by atoms with Gasteiger partial charge in [-0.25, -0.2) is 0 Å². The molecule has 0 spiro atoms. The monoisotopic (exact) mass is 847 g/mol. The molecule has 10 aromatic rings. The maximum Gasteiger partial charge on any atom is 0.417 e. The molecule has 0 unspecified atom stereocenters. The van der Waals surface area contributed by atoms with Gasteiger partial charge in [-0.15, -0.1) is 0 Å². The Labute approximate surface area is 360 Å². The number of para-hydroxylation sites is 2. The minimum absolute atomic E-state index is 0.00735. The van der Waals surface area contributed by atoms with Crippen LogP contribution < -0.4 is 0 Å². The molecule has 0 saturated carbocycles. The second-order valence-electron chi connectivity index (χ2n) is 15.3. The van der Waals surface area contributed by atoms with Gasteiger partial charge in [0.15, 0.2) is 0 Å². The lowest BCUT2D eigenvalue weighted by Crippen LogP contribution is -2.16. The van der Waals surface area contributed by atoms with E-state index in [4.69, 9.17) is 0 Å². The number of hydrogen-bond donors (Lipinski definition) is 0. The largest absolute Gasteiger partial charge is 0.417 e. The summed E-state index contributed by atoms with van der Waals surface area (Å²) in [6, 6.07) is 50.2. The van der Waals surface area contributed by atoms with Gasteiger partial charge in [0.25, 0.3) is 0 Å². The fourth-order valence-electron chi connectivity index (χ4n) is 8.88. The van der Waals surface area contributed by atoms with Gasteiger partial charge < -0.3 is 9.13 Å². The van der Waals surface area contributed by atoms with E-state index in [2.05, 4.69) is 18.2 Å². The molecule has 0 saturated heterocycles. The number of rotatable bonds is 5. The van der Waals surface area contributed by atoms with Crippen molar-refractivity contribution < 1.29 is 26.3 Å². The van der Waals surface area contributed by atoms with Gasteiger partial charge in [0.2, 0.25) is 0 Å². The molecule has 5 nitrogen and oxygen atoms in total. The van der Waals surface area contributed by atoms with E-state index in [0.29, 0.717) is 66.9 Å². The van der Waals surface area contributed by atoms with Crippen molar-refractivity contribution in [1.82, 2.24) is 9.13 Å². The molecule has 0 radical (unpaired) electrons. The molecule has 0 aliphatic heterocycles. The van der Waals surface area contributed by atoms with Crippen LogP contribution >= 0.6 is 0 Å². The topological polar surface area (TPSA) is 81.2 Å². The zero-order valence-corrected chi connectivity index (χ0v) is 33.1. The summed E-state index contributed by atoms with van der Waals surface area (Å²) in [7, 11) is 0. The molecule has 2 heterocycles. The van der Waals surface area contributed by atoms with Crippen molar-refractivity contribution in [3.05, 3.63) is 192 Å². The van der Waals surface area contributed by atoms with Crippen LogP contribution in [0.5, 0.6) is 0 Å². The molecule has 10 rings (SSSR count). The van der Waals surface area contributed by atoms with E-state index in [1.807, 2.05) is 24.3 Å². The lowest BCUT2D eigenvalue weighted by Gasteiger charge is -2.25. The van der Waals surface area contributed by atoms with Crippen molar-refractivity contribution in [3.63, 3.8) is 0 Å². The average Bonchev–Trinajstić information content (AvgIpc) is 3.82. The first-order valence-electron chi connectivity index (χ1n) is 19.8. The number of fused-ring (bicyclic) bond motifs is 6. The summed E-state index contributed by atoms with van der Waals surface area (Å²) in [6.45, 7) is 0. The van der Waals surface area contributed by atoms with Crippen LogP contribution in [-0.4, -0.2) is 9.13 Å². The summed E-state index contributed by atoms with van der Waals surface area (Å²) in [5.74, 6) is 0. The van der Waals surface area contributed by atoms with E-state index in [1.165, 1.54) is 12.1 Å². The van der Waals surface area contributed by atoms with Gasteiger partial charge in [-0.2, -0.15) is 42.1 Å². The minimum atomic E-state index is -5.24. The molecule has 0 bridgehead atoms. The third-order valence-electron chi connectivity index (χ3n) is 11.7. The van der Waals surface area contributed by atoms with Crippen LogP contribution in [0.4, 0.5) is 26.3 Å². The predicted molar refractivity (Wildman–Crippen MR) is 236 cm³/mol. The number of benzene rings is 8. The molecular weight excluding hydrogens is 821 g/mol. The highest BCUT2D eigenvalue weighted by Crippen LogP contribution is 2.51. The maximum atomic E-state index is 15.4. The number of aromatic nitrogens is 2. The second-order valence-corrected chi connectivity index (χ2v) is 15.3. The van der Waals surface area contributed by atoms with Gasteiger partial charge in [-0.3, -0.25) is 0 Å². The minimum Gasteiger partial charge on any atom is -0.308 e. The van der Waals surface area contributed by atoms with Gasteiger partial charge >= 0.3 is 12.4 Å². The molecule has 8 aromatic carbocycles. The van der Waals surface area contributed by atoms with Gasteiger partial charge in [-0.1, -0.05) is 78.9 Å². The predicted octanol–water partition coefficient (Wildman–Crippen LogP) is 14.5. The molecule has 2 aromatic heterocycles. The fraction of sp³-hybridized carbons (Fsp3) is 0.0377. The molecule has 0 N–H and O–H groups in total. The number of hydrogen-bond acceptors (Lipinski definition) is 3. The van der Waals surface area contributed by atoms with Gasteiger partial charge in [0.1, 0.15) is 0 Å². The van der Waals surface area contributed by atoms with Crippen molar-refractivity contribution in [2.24, 2.45) is 0 Å². The standard InChI is InChI=1S/C53H27F6N5/c54-52(55,56)42-8-5-9-43(53(57,58)59)50(42)51-48(63-44-10-3-1-6-38(44)40-26-36(20-22-46(40)63)34-16-12-31(28-60)13-17-34)24-33(30-62)25-49(51)64-45-11-4-2-7-39(45)41-27-37(21-23-47(41)64)35-18-14-32(29-61)15-19-35/h1-27H. The van der Waals surface area contributed by atoms with Crippen LogP contribution in [-0.2, 0) is 12.4 Å². The van der Waals surface area contributed by atoms with Gasteiger partial charge in [-0.05, 0) is 107 Å². The SMILES string of the molecule is N#Cc1ccc(-c2ccc3c(c2)c2ccccc2n3-c2cc(C#N)cc(-n3c4ccccc4c4cc(-c5ccc(C#N)cc5)ccc43)c2-c2c(C(F)(F)F)cccc2C(F)(F)F)cc1. The zero-order chi connectivity index (χ0) is 44.5. The summed E-state index contributed by atoms with van der Waals surface area (Å²) >= 11 is 0. The third kappa shape index (κ3) is 6.40. The molecular formula is C53H27F6N5.